The van der Waals surface area contributed by atoms with Gasteiger partial charge in [0.1, 0.15) is 0 Å². The first-order valence-electron chi connectivity index (χ1n) is 12.9. The fourth-order valence-electron chi connectivity index (χ4n) is 4.96. The molecule has 39 heavy (non-hydrogen) atoms. The fraction of sp³-hybridized carbons (Fsp3) is 0.423. The lowest BCUT2D eigenvalue weighted by Crippen LogP contribution is -2.48. The maximum Gasteiger partial charge on any atom is 0.229 e. The van der Waals surface area contributed by atoms with Gasteiger partial charge in [0.05, 0.1) is 11.9 Å². The maximum absolute atomic E-state index is 13.0. The van der Waals surface area contributed by atoms with Crippen molar-refractivity contribution in [3.63, 3.8) is 0 Å². The molecule has 0 unspecified atom stereocenters. The van der Waals surface area contributed by atoms with E-state index in [1.807, 2.05) is 54.6 Å². The highest BCUT2D eigenvalue weighted by atomic mass is 32.2. The number of aromatic nitrogens is 6. The molecule has 13 heteroatoms. The normalized spacial score (nSPS) is 14.7. The lowest BCUT2D eigenvalue weighted by molar-refractivity contribution is -0.133. The Balaban J connectivity index is 1.14. The van der Waals surface area contributed by atoms with Crippen LogP contribution in [-0.2, 0) is 27.8 Å². The van der Waals surface area contributed by atoms with Crippen LogP contribution in [0.25, 0.3) is 11.5 Å². The summed E-state index contributed by atoms with van der Waals surface area (Å²) < 4.78 is 28.8. The molecule has 1 aliphatic heterocycles. The van der Waals surface area contributed by atoms with Crippen molar-refractivity contribution in [3.8, 4) is 5.82 Å². The van der Waals surface area contributed by atoms with Crippen LogP contribution in [0.2, 0.25) is 0 Å². The SMILES string of the molecule is Cc1nn(-c2ccc3nnc(C)n3n2)c(C)c1CCC(=O)N1CCN(Cc2ccc(NS(C)(=O)=O)cc2)CC1. The van der Waals surface area contributed by atoms with Gasteiger partial charge in [0, 0.05) is 50.5 Å². The van der Waals surface area contributed by atoms with Crippen LogP contribution in [0.1, 0.15) is 34.8 Å². The number of nitrogens with one attached hydrogen (secondary N) is 1. The van der Waals surface area contributed by atoms with Crippen LogP contribution < -0.4 is 4.72 Å². The van der Waals surface area contributed by atoms with Crippen LogP contribution in [0.3, 0.4) is 0 Å². The predicted molar refractivity (Wildman–Crippen MR) is 147 cm³/mol. The molecule has 1 amide bonds. The van der Waals surface area contributed by atoms with Gasteiger partial charge in [-0.05, 0) is 62.6 Å². The molecule has 206 valence electrons. The van der Waals surface area contributed by atoms with Gasteiger partial charge in [-0.15, -0.1) is 15.3 Å². The Labute approximate surface area is 227 Å². The first-order chi connectivity index (χ1) is 18.6. The minimum atomic E-state index is -3.29. The number of nitrogens with zero attached hydrogens (tertiary/aromatic N) is 8. The molecule has 0 aliphatic carbocycles. The Morgan fingerprint density at radius 3 is 2.36 bits per heavy atom. The number of hydrogen-bond acceptors (Lipinski definition) is 8. The van der Waals surface area contributed by atoms with E-state index in [-0.39, 0.29) is 5.91 Å². The topological polar surface area (TPSA) is 131 Å². The highest BCUT2D eigenvalue weighted by molar-refractivity contribution is 7.92. The molecule has 3 aromatic heterocycles. The van der Waals surface area contributed by atoms with E-state index in [2.05, 4.69) is 24.9 Å². The molecule has 5 rings (SSSR count). The second kappa shape index (κ2) is 10.7. The van der Waals surface area contributed by atoms with Crippen LogP contribution in [0.5, 0.6) is 0 Å². The molecule has 0 atom stereocenters. The largest absolute Gasteiger partial charge is 0.340 e. The van der Waals surface area contributed by atoms with Crippen molar-refractivity contribution >= 4 is 27.3 Å². The van der Waals surface area contributed by atoms with Gasteiger partial charge in [-0.25, -0.2) is 13.1 Å². The van der Waals surface area contributed by atoms with E-state index in [9.17, 15) is 13.2 Å². The predicted octanol–water partition coefficient (Wildman–Crippen LogP) is 1.88. The van der Waals surface area contributed by atoms with Crippen LogP contribution in [0.15, 0.2) is 36.4 Å². The van der Waals surface area contributed by atoms with Gasteiger partial charge in [0.15, 0.2) is 17.3 Å². The Kier molecular flexibility index (Phi) is 7.36. The summed E-state index contributed by atoms with van der Waals surface area (Å²) in [6.07, 6.45) is 2.19. The van der Waals surface area contributed by atoms with Gasteiger partial charge in [0.25, 0.3) is 0 Å². The molecule has 4 aromatic rings. The minimum absolute atomic E-state index is 0.150. The third-order valence-electron chi connectivity index (χ3n) is 7.04. The maximum atomic E-state index is 13.0. The monoisotopic (exact) mass is 551 g/mol. The standard InChI is InChI=1S/C26H33N9O3S/c1-18-23(19(2)34(29-18)25-11-10-24-28-27-20(3)35(24)30-25)9-12-26(36)33-15-13-32(14-16-33)17-21-5-7-22(8-6-21)31-39(4,37)38/h5-8,10-11,31H,9,12-17H2,1-4H3. The number of amides is 1. The minimum Gasteiger partial charge on any atom is -0.340 e. The van der Waals surface area contributed by atoms with Gasteiger partial charge in [-0.2, -0.15) is 9.61 Å². The smallest absolute Gasteiger partial charge is 0.229 e. The van der Waals surface area contributed by atoms with Crippen molar-refractivity contribution in [3.05, 3.63) is 64.7 Å². The zero-order chi connectivity index (χ0) is 27.7. The van der Waals surface area contributed by atoms with Gasteiger partial charge < -0.3 is 4.90 Å². The number of hydrogen-bond donors (Lipinski definition) is 1. The molecule has 12 nitrogen and oxygen atoms in total. The molecule has 0 saturated carbocycles. The number of fused-ring (bicyclic) bond motifs is 1. The van der Waals surface area contributed by atoms with E-state index in [0.717, 1.165) is 48.4 Å². The number of aryl methyl sites for hydroxylation is 2. The van der Waals surface area contributed by atoms with Gasteiger partial charge in [-0.1, -0.05) is 12.1 Å². The van der Waals surface area contributed by atoms with Gasteiger partial charge in [-0.3, -0.25) is 14.4 Å². The van der Waals surface area contributed by atoms with Gasteiger partial charge >= 0.3 is 0 Å². The summed E-state index contributed by atoms with van der Waals surface area (Å²) >= 11 is 0. The number of piperazine rings is 1. The summed E-state index contributed by atoms with van der Waals surface area (Å²) in [4.78, 5) is 17.3. The highest BCUT2D eigenvalue weighted by Gasteiger charge is 2.22. The van der Waals surface area contributed by atoms with Crippen molar-refractivity contribution in [2.75, 3.05) is 37.2 Å². The molecule has 0 bridgehead atoms. The van der Waals surface area contributed by atoms with Crippen LogP contribution in [0, 0.1) is 20.8 Å². The lowest BCUT2D eigenvalue weighted by atomic mass is 10.1. The van der Waals surface area contributed by atoms with Gasteiger partial charge in [0.2, 0.25) is 15.9 Å². The number of carbonyl (C=O) groups excluding carboxylic acids is 1. The molecule has 1 saturated heterocycles. The molecule has 1 fully saturated rings. The van der Waals surface area contributed by atoms with Crippen molar-refractivity contribution in [1.82, 2.24) is 39.4 Å². The number of benzene rings is 1. The molecule has 0 spiro atoms. The Hall–Kier alpha value is -3.84. The van der Waals surface area contributed by atoms with Crippen molar-refractivity contribution in [2.45, 2.75) is 40.2 Å². The molecule has 1 N–H and O–H groups in total. The third kappa shape index (κ3) is 6.09. The number of carbonyl (C=O) groups is 1. The average Bonchev–Trinajstić information content (AvgIpc) is 3.41. The second-order valence-electron chi connectivity index (χ2n) is 10.00. The Morgan fingerprint density at radius 1 is 0.949 bits per heavy atom. The summed E-state index contributed by atoms with van der Waals surface area (Å²) in [5.41, 5.74) is 5.27. The summed E-state index contributed by atoms with van der Waals surface area (Å²) in [7, 11) is -3.29. The molecule has 4 heterocycles. The van der Waals surface area contributed by atoms with Crippen LogP contribution in [-0.4, -0.2) is 86.2 Å². The first-order valence-corrected chi connectivity index (χ1v) is 14.8. The van der Waals surface area contributed by atoms with Crippen molar-refractivity contribution in [2.24, 2.45) is 0 Å². The highest BCUT2D eigenvalue weighted by Crippen LogP contribution is 2.20. The summed E-state index contributed by atoms with van der Waals surface area (Å²) in [5.74, 6) is 1.54. The van der Waals surface area contributed by atoms with E-state index in [0.29, 0.717) is 48.9 Å². The van der Waals surface area contributed by atoms with E-state index < -0.39 is 10.0 Å². The number of anilines is 1. The molecule has 0 radical (unpaired) electrons. The zero-order valence-corrected chi connectivity index (χ0v) is 23.4. The zero-order valence-electron chi connectivity index (χ0n) is 22.6. The van der Waals surface area contributed by atoms with Crippen LogP contribution in [0.4, 0.5) is 5.69 Å². The van der Waals surface area contributed by atoms with Crippen molar-refractivity contribution < 1.29 is 13.2 Å². The van der Waals surface area contributed by atoms with E-state index in [1.54, 1.807) is 16.6 Å². The summed E-state index contributed by atoms with van der Waals surface area (Å²) in [6, 6.07) is 11.1. The Morgan fingerprint density at radius 2 is 1.67 bits per heavy atom. The van der Waals surface area contributed by atoms with E-state index in [1.165, 1.54) is 0 Å². The van der Waals surface area contributed by atoms with E-state index in [4.69, 9.17) is 5.10 Å². The second-order valence-corrected chi connectivity index (χ2v) is 11.7. The van der Waals surface area contributed by atoms with E-state index >= 15 is 0 Å². The molecular weight excluding hydrogens is 518 g/mol. The summed E-state index contributed by atoms with van der Waals surface area (Å²) in [6.45, 7) is 9.55. The Bertz CT molecular complexity index is 1600. The van der Waals surface area contributed by atoms with Crippen LogP contribution >= 0.6 is 0 Å². The lowest BCUT2D eigenvalue weighted by Gasteiger charge is -2.35. The number of rotatable bonds is 8. The summed E-state index contributed by atoms with van der Waals surface area (Å²) in [5, 5.41) is 17.5. The molecular formula is C26H33N9O3S. The first kappa shape index (κ1) is 26.8. The molecule has 1 aliphatic rings. The quantitative estimate of drug-likeness (QED) is 0.351. The van der Waals surface area contributed by atoms with Crippen molar-refractivity contribution in [1.29, 1.82) is 0 Å². The number of sulfonamides is 1. The average molecular weight is 552 g/mol. The fourth-order valence-corrected chi connectivity index (χ4v) is 5.52. The third-order valence-corrected chi connectivity index (χ3v) is 7.65. The molecule has 1 aromatic carbocycles.